The van der Waals surface area contributed by atoms with Crippen LogP contribution < -0.4 is 14.2 Å². The van der Waals surface area contributed by atoms with Crippen molar-refractivity contribution in [3.05, 3.63) is 82.6 Å². The summed E-state index contributed by atoms with van der Waals surface area (Å²) in [5.74, 6) is 2.32. The molecule has 3 aliphatic rings. The summed E-state index contributed by atoms with van der Waals surface area (Å²) in [6.07, 6.45) is 2.10. The van der Waals surface area contributed by atoms with Gasteiger partial charge in [0, 0.05) is 28.8 Å². The summed E-state index contributed by atoms with van der Waals surface area (Å²) in [5.41, 5.74) is 3.82. The molecule has 6 nitrogen and oxygen atoms in total. The van der Waals surface area contributed by atoms with Crippen LogP contribution in [-0.2, 0) is 0 Å². The lowest BCUT2D eigenvalue weighted by molar-refractivity contribution is -0.0218. The van der Waals surface area contributed by atoms with Crippen molar-refractivity contribution in [1.29, 1.82) is 0 Å². The monoisotopic (exact) mass is 405 g/mol. The van der Waals surface area contributed by atoms with Crippen LogP contribution in [0.15, 0.2) is 65.9 Å². The lowest BCUT2D eigenvalue weighted by atomic mass is 9.96. The molecule has 7 heteroatoms. The average Bonchev–Trinajstić information content (AvgIpc) is 3.40. The van der Waals surface area contributed by atoms with E-state index in [0.717, 1.165) is 46.2 Å². The average molecular weight is 406 g/mol. The highest BCUT2D eigenvalue weighted by Gasteiger charge is 2.41. The van der Waals surface area contributed by atoms with Crippen molar-refractivity contribution in [3.63, 3.8) is 0 Å². The first-order valence-corrected chi connectivity index (χ1v) is 9.77. The molecule has 144 valence electrons. The van der Waals surface area contributed by atoms with Gasteiger partial charge in [-0.2, -0.15) is 5.10 Å². The molecule has 1 aromatic heterocycles. The number of hydrazone groups is 1. The molecule has 6 rings (SSSR count). The Labute approximate surface area is 172 Å². The number of benzene rings is 2. The van der Waals surface area contributed by atoms with Gasteiger partial charge in [-0.15, -0.1) is 0 Å². The van der Waals surface area contributed by atoms with E-state index in [0.29, 0.717) is 5.02 Å². The Morgan fingerprint density at radius 1 is 0.966 bits per heavy atom. The molecule has 3 aromatic rings. The van der Waals surface area contributed by atoms with Crippen molar-refractivity contribution < 1.29 is 14.2 Å². The normalized spacial score (nSPS) is 21.3. The molecule has 0 fully saturated rings. The van der Waals surface area contributed by atoms with E-state index in [4.69, 9.17) is 30.9 Å². The fourth-order valence-corrected chi connectivity index (χ4v) is 4.21. The summed E-state index contributed by atoms with van der Waals surface area (Å²) in [6.45, 7) is 0.251. The number of pyridine rings is 1. The predicted molar refractivity (Wildman–Crippen MR) is 107 cm³/mol. The van der Waals surface area contributed by atoms with Crippen molar-refractivity contribution in [2.45, 2.75) is 18.7 Å². The number of ether oxygens (including phenoxy) is 3. The molecule has 0 aliphatic carbocycles. The second-order valence-electron chi connectivity index (χ2n) is 7.12. The molecule has 0 saturated carbocycles. The van der Waals surface area contributed by atoms with Crippen molar-refractivity contribution in [2.24, 2.45) is 5.10 Å². The molecule has 0 radical (unpaired) electrons. The first kappa shape index (κ1) is 16.7. The summed E-state index contributed by atoms with van der Waals surface area (Å²) < 4.78 is 17.3. The van der Waals surface area contributed by atoms with Crippen LogP contribution in [0.5, 0.6) is 17.2 Å². The lowest BCUT2D eigenvalue weighted by Gasteiger charge is -2.37. The molecule has 2 atom stereocenters. The lowest BCUT2D eigenvalue weighted by Crippen LogP contribution is -2.34. The zero-order valence-electron chi connectivity index (χ0n) is 15.3. The van der Waals surface area contributed by atoms with E-state index in [-0.39, 0.29) is 12.8 Å². The molecular formula is C22H16ClN3O3. The van der Waals surface area contributed by atoms with Gasteiger partial charge < -0.3 is 14.2 Å². The molecule has 29 heavy (non-hydrogen) atoms. The third-order valence-electron chi connectivity index (χ3n) is 5.40. The Morgan fingerprint density at radius 2 is 1.86 bits per heavy atom. The topological polar surface area (TPSA) is 56.2 Å². The second kappa shape index (κ2) is 6.39. The number of nitrogens with zero attached hydrogens (tertiary/aromatic N) is 3. The number of hydrogen-bond acceptors (Lipinski definition) is 6. The van der Waals surface area contributed by atoms with Gasteiger partial charge in [0.25, 0.3) is 0 Å². The SMILES string of the molecule is Clc1ccc2c(c1)[C@H]1CC(c3ccc4c(c3)OCO4)=NN1[C@@H](c1ccccn1)O2. The third kappa shape index (κ3) is 2.71. The minimum Gasteiger partial charge on any atom is -0.463 e. The minimum absolute atomic E-state index is 0.0184. The standard InChI is InChI=1S/C22H16ClN3O3/c23-14-5-7-19-15(10-14)18-11-17(13-4-6-20-21(9-13)28-12-27-20)25-26(18)22(29-19)16-3-1-2-8-24-16/h1-10,18,22H,11-12H2/t18-,22-/m1/s1. The van der Waals surface area contributed by atoms with Crippen LogP contribution in [-0.4, -0.2) is 22.5 Å². The Morgan fingerprint density at radius 3 is 2.76 bits per heavy atom. The van der Waals surface area contributed by atoms with E-state index >= 15 is 0 Å². The van der Waals surface area contributed by atoms with Gasteiger partial charge in [0.05, 0.1) is 11.8 Å². The second-order valence-corrected chi connectivity index (χ2v) is 7.56. The number of fused-ring (bicyclic) bond motifs is 4. The Balaban J connectivity index is 1.44. The number of rotatable bonds is 2. The molecular weight excluding hydrogens is 390 g/mol. The maximum Gasteiger partial charge on any atom is 0.231 e. The minimum atomic E-state index is -0.401. The largest absolute Gasteiger partial charge is 0.463 e. The Bertz CT molecular complexity index is 1140. The van der Waals surface area contributed by atoms with Gasteiger partial charge in [0.15, 0.2) is 11.5 Å². The molecule has 0 bridgehead atoms. The van der Waals surface area contributed by atoms with Crippen molar-refractivity contribution in [1.82, 2.24) is 9.99 Å². The van der Waals surface area contributed by atoms with E-state index in [1.54, 1.807) is 6.20 Å². The van der Waals surface area contributed by atoms with Gasteiger partial charge in [-0.05, 0) is 48.5 Å². The van der Waals surface area contributed by atoms with Crippen LogP contribution in [0, 0.1) is 0 Å². The van der Waals surface area contributed by atoms with Crippen molar-refractivity contribution >= 4 is 17.3 Å². The van der Waals surface area contributed by atoms with Crippen molar-refractivity contribution in [3.8, 4) is 17.2 Å². The highest BCUT2D eigenvalue weighted by Crippen LogP contribution is 2.48. The molecule has 4 heterocycles. The first-order valence-electron chi connectivity index (χ1n) is 9.39. The fourth-order valence-electron chi connectivity index (χ4n) is 4.03. The van der Waals surface area contributed by atoms with Crippen LogP contribution >= 0.6 is 11.6 Å². The van der Waals surface area contributed by atoms with Crippen LogP contribution in [0.25, 0.3) is 0 Å². The van der Waals surface area contributed by atoms with E-state index in [2.05, 4.69) is 4.98 Å². The summed E-state index contributed by atoms with van der Waals surface area (Å²) in [6, 6.07) is 17.5. The highest BCUT2D eigenvalue weighted by atomic mass is 35.5. The van der Waals surface area contributed by atoms with Gasteiger partial charge in [-0.3, -0.25) is 4.98 Å². The number of aromatic nitrogens is 1. The zero-order chi connectivity index (χ0) is 19.4. The smallest absolute Gasteiger partial charge is 0.231 e. The molecule has 0 spiro atoms. The summed E-state index contributed by atoms with van der Waals surface area (Å²) in [5, 5.41) is 7.61. The summed E-state index contributed by atoms with van der Waals surface area (Å²) in [7, 11) is 0. The fraction of sp³-hybridized carbons (Fsp3) is 0.182. The highest BCUT2D eigenvalue weighted by molar-refractivity contribution is 6.30. The molecule has 2 aromatic carbocycles. The summed E-state index contributed by atoms with van der Waals surface area (Å²) in [4.78, 5) is 4.50. The summed E-state index contributed by atoms with van der Waals surface area (Å²) >= 11 is 6.28. The van der Waals surface area contributed by atoms with Crippen LogP contribution in [0.2, 0.25) is 5.02 Å². The quantitative estimate of drug-likeness (QED) is 0.618. The van der Waals surface area contributed by atoms with Gasteiger partial charge in [0.2, 0.25) is 13.0 Å². The van der Waals surface area contributed by atoms with E-state index in [1.165, 1.54) is 0 Å². The van der Waals surface area contributed by atoms with E-state index in [1.807, 2.05) is 59.6 Å². The van der Waals surface area contributed by atoms with Crippen LogP contribution in [0.1, 0.15) is 35.5 Å². The van der Waals surface area contributed by atoms with Crippen LogP contribution in [0.3, 0.4) is 0 Å². The molecule has 0 N–H and O–H groups in total. The predicted octanol–water partition coefficient (Wildman–Crippen LogP) is 4.71. The molecule has 0 unspecified atom stereocenters. The zero-order valence-corrected chi connectivity index (χ0v) is 16.0. The Kier molecular flexibility index (Phi) is 3.67. The van der Waals surface area contributed by atoms with Gasteiger partial charge in [0.1, 0.15) is 11.4 Å². The first-order chi connectivity index (χ1) is 14.3. The van der Waals surface area contributed by atoms with E-state index in [9.17, 15) is 0 Å². The number of halogens is 1. The van der Waals surface area contributed by atoms with Crippen molar-refractivity contribution in [2.75, 3.05) is 6.79 Å². The maximum atomic E-state index is 6.30. The van der Waals surface area contributed by atoms with Gasteiger partial charge in [-0.25, -0.2) is 5.01 Å². The maximum absolute atomic E-state index is 6.30. The van der Waals surface area contributed by atoms with Gasteiger partial charge >= 0.3 is 0 Å². The van der Waals surface area contributed by atoms with Gasteiger partial charge in [-0.1, -0.05) is 17.7 Å². The molecule has 0 amide bonds. The Hall–Kier alpha value is -3.25. The third-order valence-corrected chi connectivity index (χ3v) is 5.63. The molecule has 3 aliphatic heterocycles. The van der Waals surface area contributed by atoms with Crippen LogP contribution in [0.4, 0.5) is 0 Å². The molecule has 0 saturated heterocycles. The van der Waals surface area contributed by atoms with E-state index < -0.39 is 6.23 Å². The number of hydrogen-bond donors (Lipinski definition) is 0.